The Morgan fingerprint density at radius 2 is 2.11 bits per heavy atom. The van der Waals surface area contributed by atoms with Crippen molar-refractivity contribution in [1.82, 2.24) is 0 Å². The lowest BCUT2D eigenvalue weighted by Gasteiger charge is -2.19. The van der Waals surface area contributed by atoms with Crippen molar-refractivity contribution in [2.75, 3.05) is 18.5 Å². The van der Waals surface area contributed by atoms with Gasteiger partial charge in [-0.05, 0) is 6.07 Å². The second-order valence-electron chi connectivity index (χ2n) is 3.59. The highest BCUT2D eigenvalue weighted by Gasteiger charge is 2.18. The van der Waals surface area contributed by atoms with Crippen LogP contribution in [0.2, 0.25) is 0 Å². The van der Waals surface area contributed by atoms with E-state index in [4.69, 9.17) is 10.8 Å². The monoisotopic (exact) mass is 253 g/mol. The number of hydrogen-bond acceptors (Lipinski definition) is 5. The topological polar surface area (TPSA) is 127 Å². The maximum atomic E-state index is 11.0. The lowest BCUT2D eigenvalue weighted by atomic mass is 10.1. The number of nitrogens with zero attached hydrogens (tertiary/aromatic N) is 2. The van der Waals surface area contributed by atoms with Crippen LogP contribution in [0, 0.1) is 10.1 Å². The smallest absolute Gasteiger partial charge is 0.338 e. The second-order valence-corrected chi connectivity index (χ2v) is 3.59. The minimum Gasteiger partial charge on any atom is -0.478 e. The van der Waals surface area contributed by atoms with Crippen LogP contribution in [0.5, 0.6) is 0 Å². The minimum atomic E-state index is -1.31. The third-order valence-corrected chi connectivity index (χ3v) is 2.23. The van der Waals surface area contributed by atoms with Crippen LogP contribution >= 0.6 is 0 Å². The summed E-state index contributed by atoms with van der Waals surface area (Å²) < 4.78 is 0. The zero-order valence-corrected chi connectivity index (χ0v) is 9.49. The van der Waals surface area contributed by atoms with Crippen LogP contribution in [0.3, 0.4) is 0 Å². The number of carbonyl (C=O) groups excluding carboxylic acids is 1. The van der Waals surface area contributed by atoms with Crippen molar-refractivity contribution in [3.63, 3.8) is 0 Å². The molecule has 1 amide bonds. The minimum absolute atomic E-state index is 0.182. The van der Waals surface area contributed by atoms with Gasteiger partial charge in [0.2, 0.25) is 5.91 Å². The van der Waals surface area contributed by atoms with Crippen LogP contribution in [0.25, 0.3) is 0 Å². The van der Waals surface area contributed by atoms with Gasteiger partial charge < -0.3 is 15.7 Å². The quantitative estimate of drug-likeness (QED) is 0.570. The molecule has 0 spiro atoms. The Hall–Kier alpha value is -2.64. The molecule has 0 aliphatic heterocycles. The Morgan fingerprint density at radius 1 is 1.50 bits per heavy atom. The van der Waals surface area contributed by atoms with Gasteiger partial charge in [-0.3, -0.25) is 14.9 Å². The van der Waals surface area contributed by atoms with Gasteiger partial charge in [-0.15, -0.1) is 0 Å². The number of carbonyl (C=O) groups is 2. The molecule has 0 bridgehead atoms. The highest BCUT2D eigenvalue weighted by molar-refractivity contribution is 5.96. The third kappa shape index (κ3) is 2.94. The van der Waals surface area contributed by atoms with Gasteiger partial charge in [-0.25, -0.2) is 4.79 Å². The number of primary amides is 1. The third-order valence-electron chi connectivity index (χ3n) is 2.23. The number of carboxylic acid groups (broad SMARTS) is 1. The van der Waals surface area contributed by atoms with Gasteiger partial charge in [0.05, 0.1) is 22.7 Å². The van der Waals surface area contributed by atoms with Gasteiger partial charge in [0.1, 0.15) is 0 Å². The Kier molecular flexibility index (Phi) is 3.82. The molecular formula is C10H11N3O5. The first-order chi connectivity index (χ1) is 8.32. The molecule has 8 nitrogen and oxygen atoms in total. The average Bonchev–Trinajstić information content (AvgIpc) is 2.26. The standard InChI is InChI=1S/C10H11N3O5/c1-12(5-9(11)14)8-3-2-6(13(17)18)4-7(8)10(15)16/h2-4H,5H2,1H3,(H2,11,14)(H,15,16). The number of hydrogen-bond donors (Lipinski definition) is 2. The molecule has 0 radical (unpaired) electrons. The first kappa shape index (κ1) is 13.4. The van der Waals surface area contributed by atoms with Crippen LogP contribution in [0.1, 0.15) is 10.4 Å². The van der Waals surface area contributed by atoms with Crippen molar-refractivity contribution in [2.24, 2.45) is 5.73 Å². The molecule has 3 N–H and O–H groups in total. The number of carboxylic acids is 1. The Balaban J connectivity index is 3.23. The van der Waals surface area contributed by atoms with E-state index in [9.17, 15) is 19.7 Å². The summed E-state index contributed by atoms with van der Waals surface area (Å²) >= 11 is 0. The summed E-state index contributed by atoms with van der Waals surface area (Å²) in [5.74, 6) is -1.95. The van der Waals surface area contributed by atoms with E-state index < -0.39 is 16.8 Å². The van der Waals surface area contributed by atoms with Gasteiger partial charge in [0.15, 0.2) is 0 Å². The molecular weight excluding hydrogens is 242 g/mol. The fraction of sp³-hybridized carbons (Fsp3) is 0.200. The number of aromatic carboxylic acids is 1. The van der Waals surface area contributed by atoms with E-state index in [0.717, 1.165) is 6.07 Å². The summed E-state index contributed by atoms with van der Waals surface area (Å²) in [5.41, 5.74) is 4.60. The van der Waals surface area contributed by atoms with Crippen LogP contribution in [0.4, 0.5) is 11.4 Å². The normalized spacial score (nSPS) is 9.83. The molecule has 1 rings (SSSR count). The zero-order valence-electron chi connectivity index (χ0n) is 9.49. The molecule has 8 heteroatoms. The fourth-order valence-electron chi connectivity index (χ4n) is 1.46. The maximum Gasteiger partial charge on any atom is 0.338 e. The fourth-order valence-corrected chi connectivity index (χ4v) is 1.46. The van der Waals surface area contributed by atoms with Gasteiger partial charge in [0.25, 0.3) is 5.69 Å². The zero-order chi connectivity index (χ0) is 13.9. The largest absolute Gasteiger partial charge is 0.478 e. The summed E-state index contributed by atoms with van der Waals surface area (Å²) in [6, 6.07) is 3.37. The molecule has 0 unspecified atom stereocenters. The van der Waals surface area contributed by atoms with E-state index in [0.29, 0.717) is 0 Å². The molecule has 0 atom stereocenters. The number of nitro groups is 1. The predicted octanol–water partition coefficient (Wildman–Crippen LogP) is 0.214. The molecule has 1 aromatic carbocycles. The van der Waals surface area contributed by atoms with Crippen molar-refractivity contribution < 1.29 is 19.6 Å². The van der Waals surface area contributed by atoms with E-state index in [1.54, 1.807) is 0 Å². The maximum absolute atomic E-state index is 11.0. The molecule has 0 aromatic heterocycles. The average molecular weight is 253 g/mol. The Labute approximate surface area is 102 Å². The lowest BCUT2D eigenvalue weighted by molar-refractivity contribution is -0.384. The Bertz CT molecular complexity index is 514. The van der Waals surface area contributed by atoms with Crippen molar-refractivity contribution in [2.45, 2.75) is 0 Å². The molecule has 0 saturated heterocycles. The van der Waals surface area contributed by atoms with Crippen molar-refractivity contribution in [3.8, 4) is 0 Å². The first-order valence-electron chi connectivity index (χ1n) is 4.84. The molecule has 0 saturated carbocycles. The molecule has 0 aliphatic carbocycles. The SMILES string of the molecule is CN(CC(N)=O)c1ccc([N+](=O)[O-])cc1C(=O)O. The summed E-state index contributed by atoms with van der Waals surface area (Å²) in [4.78, 5) is 33.0. The number of anilines is 1. The lowest BCUT2D eigenvalue weighted by Crippen LogP contribution is -2.31. The number of likely N-dealkylation sites (N-methyl/N-ethyl adjacent to an activating group) is 1. The number of amides is 1. The molecule has 0 aliphatic rings. The predicted molar refractivity (Wildman–Crippen MR) is 62.5 cm³/mol. The van der Waals surface area contributed by atoms with Crippen LogP contribution < -0.4 is 10.6 Å². The van der Waals surface area contributed by atoms with Gasteiger partial charge >= 0.3 is 5.97 Å². The van der Waals surface area contributed by atoms with E-state index in [1.807, 2.05) is 0 Å². The highest BCUT2D eigenvalue weighted by Crippen LogP contribution is 2.24. The Morgan fingerprint density at radius 3 is 2.56 bits per heavy atom. The number of non-ortho nitro benzene ring substituents is 1. The number of benzene rings is 1. The molecule has 96 valence electrons. The van der Waals surface area contributed by atoms with E-state index in [2.05, 4.69) is 0 Å². The summed E-state index contributed by atoms with van der Waals surface area (Å²) in [6.45, 7) is -0.182. The van der Waals surface area contributed by atoms with Crippen molar-refractivity contribution in [3.05, 3.63) is 33.9 Å². The van der Waals surface area contributed by atoms with Crippen LogP contribution in [0.15, 0.2) is 18.2 Å². The molecule has 18 heavy (non-hydrogen) atoms. The van der Waals surface area contributed by atoms with Crippen LogP contribution in [-0.2, 0) is 4.79 Å². The molecule has 1 aromatic rings. The van der Waals surface area contributed by atoms with Gasteiger partial charge in [-0.2, -0.15) is 0 Å². The van der Waals surface area contributed by atoms with E-state index in [-0.39, 0.29) is 23.5 Å². The second kappa shape index (κ2) is 5.13. The van der Waals surface area contributed by atoms with Crippen LogP contribution in [-0.4, -0.2) is 35.5 Å². The number of rotatable bonds is 5. The summed E-state index contributed by atoms with van der Waals surface area (Å²) in [7, 11) is 1.47. The summed E-state index contributed by atoms with van der Waals surface area (Å²) in [6.07, 6.45) is 0. The van der Waals surface area contributed by atoms with Gasteiger partial charge in [-0.1, -0.05) is 0 Å². The van der Waals surface area contributed by atoms with Crippen molar-refractivity contribution >= 4 is 23.3 Å². The van der Waals surface area contributed by atoms with E-state index in [1.165, 1.54) is 24.1 Å². The first-order valence-corrected chi connectivity index (χ1v) is 4.84. The number of nitro benzene ring substituents is 1. The molecule has 0 fully saturated rings. The van der Waals surface area contributed by atoms with E-state index >= 15 is 0 Å². The summed E-state index contributed by atoms with van der Waals surface area (Å²) in [5, 5.41) is 19.5. The van der Waals surface area contributed by atoms with Gasteiger partial charge in [0, 0.05) is 19.2 Å². The van der Waals surface area contributed by atoms with Crippen molar-refractivity contribution in [1.29, 1.82) is 0 Å². The highest BCUT2D eigenvalue weighted by atomic mass is 16.6. The molecule has 0 heterocycles. The number of nitrogens with two attached hydrogens (primary N) is 1.